The summed E-state index contributed by atoms with van der Waals surface area (Å²) in [5.74, 6) is -0.333. The van der Waals surface area contributed by atoms with Crippen molar-refractivity contribution in [2.75, 3.05) is 0 Å². The zero-order valence-electron chi connectivity index (χ0n) is 13.7. The lowest BCUT2D eigenvalue weighted by atomic mass is 10.2. The molecule has 134 valence electrons. The molecule has 0 saturated heterocycles. The van der Waals surface area contributed by atoms with Crippen LogP contribution in [0.2, 0.25) is 5.28 Å². The summed E-state index contributed by atoms with van der Waals surface area (Å²) < 4.78 is 16.0. The zero-order chi connectivity index (χ0) is 19.0. The van der Waals surface area contributed by atoms with E-state index in [0.717, 1.165) is 16.2 Å². The number of benzene rings is 1. The van der Waals surface area contributed by atoms with Gasteiger partial charge in [-0.05, 0) is 41.9 Å². The van der Waals surface area contributed by atoms with Crippen molar-refractivity contribution in [2.24, 2.45) is 0 Å². The minimum Gasteiger partial charge on any atom is -0.328 e. The second-order valence-electron chi connectivity index (χ2n) is 5.75. The lowest BCUT2D eigenvalue weighted by molar-refractivity contribution is 0.625. The van der Waals surface area contributed by atoms with Crippen LogP contribution in [-0.4, -0.2) is 24.1 Å². The molecule has 1 aromatic heterocycles. The molecule has 0 radical (unpaired) electrons. The fourth-order valence-electron chi connectivity index (χ4n) is 2.77. The van der Waals surface area contributed by atoms with E-state index < -0.39 is 17.1 Å². The lowest BCUT2D eigenvalue weighted by Crippen LogP contribution is -2.36. The number of hydrogen-bond acceptors (Lipinski definition) is 5. The highest BCUT2D eigenvalue weighted by Gasteiger charge is 2.18. The number of pyridine rings is 1. The summed E-state index contributed by atoms with van der Waals surface area (Å²) in [7, 11) is 0. The van der Waals surface area contributed by atoms with E-state index in [1.165, 1.54) is 18.2 Å². The van der Waals surface area contributed by atoms with Gasteiger partial charge in [0.05, 0.1) is 17.8 Å². The fraction of sp³-hybridized carbons (Fsp3) is 0.0556. The second-order valence-corrected chi connectivity index (χ2v) is 6.09. The van der Waals surface area contributed by atoms with Gasteiger partial charge in [0, 0.05) is 24.2 Å². The standard InChI is InChI=1S/C18H11ClFN5O2/c19-17-21-8-11(9-22-17)10-24-6-2-5-14-15(24)23-18(27)25(16(14)26)13-4-1-3-12(20)7-13/h1-9H,10H2. The molecule has 1 aromatic carbocycles. The Morgan fingerprint density at radius 3 is 2.59 bits per heavy atom. The molecule has 0 atom stereocenters. The zero-order valence-corrected chi connectivity index (χ0v) is 14.5. The van der Waals surface area contributed by atoms with E-state index in [1.807, 2.05) is 0 Å². The van der Waals surface area contributed by atoms with Crippen LogP contribution in [0.15, 0.2) is 64.6 Å². The van der Waals surface area contributed by atoms with Gasteiger partial charge in [0.25, 0.3) is 5.56 Å². The Balaban J connectivity index is 1.87. The smallest absolute Gasteiger partial charge is 0.328 e. The van der Waals surface area contributed by atoms with E-state index in [4.69, 9.17) is 11.6 Å². The highest BCUT2D eigenvalue weighted by molar-refractivity contribution is 6.28. The van der Waals surface area contributed by atoms with Crippen LogP contribution in [0.25, 0.3) is 17.1 Å². The summed E-state index contributed by atoms with van der Waals surface area (Å²) in [6.07, 6.45) is 4.79. The highest BCUT2D eigenvalue weighted by Crippen LogP contribution is 2.16. The van der Waals surface area contributed by atoms with Crippen LogP contribution >= 0.6 is 11.6 Å². The molecule has 3 heterocycles. The molecule has 0 amide bonds. The van der Waals surface area contributed by atoms with E-state index in [0.29, 0.717) is 6.54 Å². The maximum absolute atomic E-state index is 13.5. The molecule has 0 N–H and O–H groups in total. The maximum Gasteiger partial charge on any atom is 0.357 e. The lowest BCUT2D eigenvalue weighted by Gasteiger charge is -2.15. The monoisotopic (exact) mass is 383 g/mol. The van der Waals surface area contributed by atoms with Gasteiger partial charge in [0.1, 0.15) is 5.82 Å². The van der Waals surface area contributed by atoms with Crippen molar-refractivity contribution in [3.05, 3.63) is 92.5 Å². The normalized spacial score (nSPS) is 11.0. The van der Waals surface area contributed by atoms with Crippen molar-refractivity contribution in [1.29, 1.82) is 0 Å². The Bertz CT molecular complexity index is 1220. The van der Waals surface area contributed by atoms with Gasteiger partial charge in [0.15, 0.2) is 5.82 Å². The first kappa shape index (κ1) is 17.0. The summed E-state index contributed by atoms with van der Waals surface area (Å²) in [5, 5.41) is 0.125. The van der Waals surface area contributed by atoms with E-state index in [1.54, 1.807) is 35.3 Å². The minimum atomic E-state index is -0.787. The van der Waals surface area contributed by atoms with Crippen LogP contribution in [0.5, 0.6) is 0 Å². The molecule has 2 aliphatic rings. The number of nitrogens with zero attached hydrogens (tertiary/aromatic N) is 5. The summed E-state index contributed by atoms with van der Waals surface area (Å²) in [6.45, 7) is 0.296. The van der Waals surface area contributed by atoms with Gasteiger partial charge in [-0.15, -0.1) is 0 Å². The molecule has 9 heteroatoms. The molecule has 0 spiro atoms. The number of halogens is 2. The third-order valence-electron chi connectivity index (χ3n) is 3.96. The van der Waals surface area contributed by atoms with Gasteiger partial charge in [-0.1, -0.05) is 6.07 Å². The first-order valence-corrected chi connectivity index (χ1v) is 8.25. The van der Waals surface area contributed by atoms with Gasteiger partial charge in [0.2, 0.25) is 5.28 Å². The summed E-state index contributed by atoms with van der Waals surface area (Å²) in [6, 6.07) is 8.47. The van der Waals surface area contributed by atoms with Gasteiger partial charge < -0.3 is 4.57 Å². The molecule has 0 unspecified atom stereocenters. The summed E-state index contributed by atoms with van der Waals surface area (Å²) >= 11 is 5.68. The van der Waals surface area contributed by atoms with E-state index >= 15 is 0 Å². The Hall–Kier alpha value is -3.39. The first-order chi connectivity index (χ1) is 13.0. The predicted octanol–water partition coefficient (Wildman–Crippen LogP) is 2.13. The van der Waals surface area contributed by atoms with E-state index in [9.17, 15) is 14.0 Å². The van der Waals surface area contributed by atoms with Crippen molar-refractivity contribution in [2.45, 2.75) is 6.54 Å². The third-order valence-corrected chi connectivity index (χ3v) is 4.16. The summed E-state index contributed by atoms with van der Waals surface area (Å²) in [5.41, 5.74) is -0.277. The predicted molar refractivity (Wildman–Crippen MR) is 96.8 cm³/mol. The average molecular weight is 384 g/mol. The van der Waals surface area contributed by atoms with Gasteiger partial charge >= 0.3 is 5.69 Å². The quantitative estimate of drug-likeness (QED) is 0.506. The van der Waals surface area contributed by atoms with Crippen molar-refractivity contribution in [3.63, 3.8) is 0 Å². The van der Waals surface area contributed by atoms with Crippen LogP contribution in [0.1, 0.15) is 5.56 Å². The first-order valence-electron chi connectivity index (χ1n) is 7.87. The molecule has 0 bridgehead atoms. The molecule has 2 aliphatic heterocycles. The maximum atomic E-state index is 13.5. The number of rotatable bonds is 3. The molecule has 4 rings (SSSR count). The molecule has 0 fully saturated rings. The van der Waals surface area contributed by atoms with Gasteiger partial charge in [-0.2, -0.15) is 4.98 Å². The molecule has 27 heavy (non-hydrogen) atoms. The molecular weight excluding hydrogens is 373 g/mol. The highest BCUT2D eigenvalue weighted by atomic mass is 35.5. The van der Waals surface area contributed by atoms with Crippen LogP contribution in [0.4, 0.5) is 4.39 Å². The molecule has 0 saturated carbocycles. The SMILES string of the molecule is O=c1nc2n(Cc3cnc(Cl)nc3)cccc-2c(=O)n1-c1cccc(F)c1. The number of aromatic nitrogens is 5. The van der Waals surface area contributed by atoms with E-state index in [2.05, 4.69) is 15.0 Å². The molecular formula is C18H11ClFN5O2. The van der Waals surface area contributed by atoms with Crippen molar-refractivity contribution >= 4 is 11.6 Å². The van der Waals surface area contributed by atoms with Crippen LogP contribution in [0, 0.1) is 5.82 Å². The second kappa shape index (κ2) is 6.73. The van der Waals surface area contributed by atoms with Crippen LogP contribution in [0.3, 0.4) is 0 Å². The van der Waals surface area contributed by atoms with Gasteiger partial charge in [-0.3, -0.25) is 4.79 Å². The largest absolute Gasteiger partial charge is 0.357 e. The Kier molecular flexibility index (Phi) is 4.25. The van der Waals surface area contributed by atoms with Crippen LogP contribution < -0.4 is 11.2 Å². The molecule has 7 nitrogen and oxygen atoms in total. The van der Waals surface area contributed by atoms with Crippen LogP contribution in [-0.2, 0) is 6.54 Å². The Morgan fingerprint density at radius 2 is 1.85 bits per heavy atom. The minimum absolute atomic E-state index is 0.125. The average Bonchev–Trinajstić information content (AvgIpc) is 2.64. The van der Waals surface area contributed by atoms with Crippen molar-refractivity contribution in [3.8, 4) is 17.1 Å². The van der Waals surface area contributed by atoms with Crippen molar-refractivity contribution in [1.82, 2.24) is 24.1 Å². The number of hydrogen-bond donors (Lipinski definition) is 0. The molecule has 0 aliphatic carbocycles. The Labute approximate surface area is 156 Å². The van der Waals surface area contributed by atoms with E-state index in [-0.39, 0.29) is 22.4 Å². The number of fused-ring (bicyclic) bond motifs is 1. The van der Waals surface area contributed by atoms with Gasteiger partial charge in [-0.25, -0.2) is 23.7 Å². The fourth-order valence-corrected chi connectivity index (χ4v) is 2.87. The topological polar surface area (TPSA) is 82.7 Å². The third kappa shape index (κ3) is 3.22. The summed E-state index contributed by atoms with van der Waals surface area (Å²) in [4.78, 5) is 37.2. The molecule has 2 aromatic rings. The van der Waals surface area contributed by atoms with Crippen molar-refractivity contribution < 1.29 is 4.39 Å². The Morgan fingerprint density at radius 1 is 1.07 bits per heavy atom.